The van der Waals surface area contributed by atoms with E-state index in [4.69, 9.17) is 24.4 Å². The Morgan fingerprint density at radius 2 is 1.05 bits per heavy atom. The maximum atomic E-state index is 5.04. The maximum Gasteiger partial charge on any atom is 0.133 e. The zero-order valence-electron chi connectivity index (χ0n) is 15.0. The molecule has 0 aromatic carbocycles. The first-order chi connectivity index (χ1) is 9.15. The Kier molecular flexibility index (Phi) is 27.3. The summed E-state index contributed by atoms with van der Waals surface area (Å²) in [5, 5.41) is 0. The van der Waals surface area contributed by atoms with E-state index in [0.29, 0.717) is 16.2 Å². The normalized spacial score (nSPS) is 9.18. The Labute approximate surface area is 185 Å². The van der Waals surface area contributed by atoms with Gasteiger partial charge in [-0.15, -0.1) is 25.3 Å². The fourth-order valence-corrected chi connectivity index (χ4v) is 2.46. The van der Waals surface area contributed by atoms with Gasteiger partial charge in [-0.3, -0.25) is 0 Å². The molecule has 0 aliphatic rings. The minimum Gasteiger partial charge on any atom is -0.358 e. The van der Waals surface area contributed by atoms with Crippen LogP contribution in [-0.4, -0.2) is 44.6 Å². The molecule has 0 spiro atoms. The Morgan fingerprint density at radius 1 is 0.773 bits per heavy atom. The summed E-state index contributed by atoms with van der Waals surface area (Å²) in [6.07, 6.45) is 0. The molecule has 0 saturated carbocycles. The van der Waals surface area contributed by atoms with Gasteiger partial charge in [0.1, 0.15) is 8.64 Å². The first kappa shape index (κ1) is 31.5. The molecule has 2 nitrogen and oxygen atoms in total. The van der Waals surface area contributed by atoms with Crippen LogP contribution in [0.5, 0.6) is 0 Å². The molecule has 0 atom stereocenters. The van der Waals surface area contributed by atoms with E-state index in [1.165, 1.54) is 0 Å². The van der Waals surface area contributed by atoms with Crippen LogP contribution >= 0.6 is 49.7 Å². The summed E-state index contributed by atoms with van der Waals surface area (Å²) in [7, 11) is 0. The van der Waals surface area contributed by atoms with Crippen molar-refractivity contribution in [3.8, 4) is 0 Å². The van der Waals surface area contributed by atoms with Crippen molar-refractivity contribution in [3.63, 3.8) is 0 Å². The minimum absolute atomic E-state index is 0. The van der Waals surface area contributed by atoms with Gasteiger partial charge in [0.25, 0.3) is 0 Å². The van der Waals surface area contributed by atoms with E-state index in [1.807, 2.05) is 4.90 Å². The van der Waals surface area contributed by atoms with E-state index >= 15 is 0 Å². The molecule has 0 rings (SSSR count). The Morgan fingerprint density at radius 3 is 1.14 bits per heavy atom. The SMILES string of the molecule is CC(C)CN(CC(C)C)C(=S)S.CCN(CC)C(=S)S.[Zn].[Zn]. The maximum absolute atomic E-state index is 5.04. The Hall–Kier alpha value is 1.73. The molecule has 8 heteroatoms. The summed E-state index contributed by atoms with van der Waals surface area (Å²) in [4.78, 5) is 4.17. The fourth-order valence-electron chi connectivity index (χ4n) is 1.61. The summed E-state index contributed by atoms with van der Waals surface area (Å²) in [6, 6.07) is 0. The molecule has 0 unspecified atom stereocenters. The molecule has 0 aliphatic carbocycles. The van der Waals surface area contributed by atoms with Gasteiger partial charge in [0.15, 0.2) is 0 Å². The molecule has 0 aliphatic heterocycles. The van der Waals surface area contributed by atoms with Crippen molar-refractivity contribution in [1.82, 2.24) is 9.80 Å². The van der Waals surface area contributed by atoms with Crippen LogP contribution < -0.4 is 0 Å². The van der Waals surface area contributed by atoms with E-state index in [0.717, 1.165) is 30.5 Å². The predicted molar refractivity (Wildman–Crippen MR) is 107 cm³/mol. The van der Waals surface area contributed by atoms with Gasteiger partial charge in [-0.25, -0.2) is 0 Å². The van der Waals surface area contributed by atoms with Gasteiger partial charge >= 0.3 is 0 Å². The van der Waals surface area contributed by atoms with Crippen LogP contribution in [0.4, 0.5) is 0 Å². The van der Waals surface area contributed by atoms with Crippen LogP contribution in [0.15, 0.2) is 0 Å². The molecule has 0 fully saturated rings. The van der Waals surface area contributed by atoms with E-state index in [-0.39, 0.29) is 39.0 Å². The van der Waals surface area contributed by atoms with Crippen molar-refractivity contribution in [3.05, 3.63) is 0 Å². The average molecular weight is 485 g/mol. The molecule has 0 heterocycles. The zero-order chi connectivity index (χ0) is 16.3. The summed E-state index contributed by atoms with van der Waals surface area (Å²) in [5.41, 5.74) is 0. The summed E-state index contributed by atoms with van der Waals surface area (Å²) in [6.45, 7) is 16.8. The Bertz CT molecular complexity index is 276. The molecule has 0 saturated heterocycles. The van der Waals surface area contributed by atoms with Gasteiger partial charge < -0.3 is 9.80 Å². The van der Waals surface area contributed by atoms with Gasteiger partial charge in [-0.05, 0) is 25.7 Å². The molecule has 0 amide bonds. The third kappa shape index (κ3) is 19.8. The quantitative estimate of drug-likeness (QED) is 0.328. The van der Waals surface area contributed by atoms with Crippen molar-refractivity contribution in [1.29, 1.82) is 0 Å². The van der Waals surface area contributed by atoms with Gasteiger partial charge in [-0.1, -0.05) is 52.1 Å². The molecule has 0 aromatic rings. The molecule has 0 aromatic heterocycles. The van der Waals surface area contributed by atoms with Crippen LogP contribution in [0.2, 0.25) is 0 Å². The third-order valence-corrected chi connectivity index (χ3v) is 3.56. The van der Waals surface area contributed by atoms with E-state index in [2.05, 4.69) is 71.7 Å². The van der Waals surface area contributed by atoms with Crippen molar-refractivity contribution in [2.24, 2.45) is 11.8 Å². The molecule has 124 valence electrons. The van der Waals surface area contributed by atoms with E-state index in [9.17, 15) is 0 Å². The number of nitrogens with zero attached hydrogens (tertiary/aromatic N) is 2. The molecule has 0 bridgehead atoms. The van der Waals surface area contributed by atoms with E-state index in [1.54, 1.807) is 0 Å². The number of rotatable bonds is 6. The second kappa shape index (κ2) is 19.1. The molecular weight excluding hydrogens is 455 g/mol. The van der Waals surface area contributed by atoms with Crippen molar-refractivity contribution < 1.29 is 39.0 Å². The standard InChI is InChI=1S/C9H19NS2.C5H11NS2.2Zn/c1-7(2)5-10(9(11)12)6-8(3)4;1-3-6(4-2)5(7)8;;/h7-8H,5-6H2,1-4H3,(H,11,12);3-4H2,1-2H3,(H,7,8);;. The number of thiol groups is 2. The van der Waals surface area contributed by atoms with Crippen LogP contribution in [0.3, 0.4) is 0 Å². The molecule has 0 radical (unpaired) electrons. The fraction of sp³-hybridized carbons (Fsp3) is 0.857. The van der Waals surface area contributed by atoms with Crippen molar-refractivity contribution in [2.45, 2.75) is 41.5 Å². The number of thiocarbonyl (C=S) groups is 2. The second-order valence-corrected chi connectivity index (χ2v) is 7.66. The van der Waals surface area contributed by atoms with Gasteiger partial charge in [0.2, 0.25) is 0 Å². The minimum atomic E-state index is 0. The average Bonchev–Trinajstić information content (AvgIpc) is 2.28. The monoisotopic (exact) mass is 482 g/mol. The van der Waals surface area contributed by atoms with Crippen molar-refractivity contribution in [2.75, 3.05) is 26.2 Å². The van der Waals surface area contributed by atoms with E-state index < -0.39 is 0 Å². The topological polar surface area (TPSA) is 6.48 Å². The van der Waals surface area contributed by atoms with Crippen molar-refractivity contribution >= 4 is 58.3 Å². The number of hydrogen-bond donors (Lipinski definition) is 2. The molecule has 22 heavy (non-hydrogen) atoms. The molecular formula is C14H30N2S4Zn2. The first-order valence-electron chi connectivity index (χ1n) is 7.11. The van der Waals surface area contributed by atoms with Crippen LogP contribution in [0.1, 0.15) is 41.5 Å². The first-order valence-corrected chi connectivity index (χ1v) is 8.82. The third-order valence-electron chi connectivity index (χ3n) is 2.48. The summed E-state index contributed by atoms with van der Waals surface area (Å²) < 4.78 is 1.41. The van der Waals surface area contributed by atoms with Gasteiger partial charge in [0.05, 0.1) is 0 Å². The van der Waals surface area contributed by atoms with Crippen LogP contribution in [0.25, 0.3) is 0 Å². The molecule has 0 N–H and O–H groups in total. The predicted octanol–water partition coefficient (Wildman–Crippen LogP) is 4.35. The largest absolute Gasteiger partial charge is 0.358 e. The number of hydrogen-bond acceptors (Lipinski definition) is 2. The second-order valence-electron chi connectivity index (χ2n) is 5.43. The zero-order valence-corrected chi connectivity index (χ0v) is 24.4. The van der Waals surface area contributed by atoms with Gasteiger partial charge in [0, 0.05) is 65.1 Å². The smallest absolute Gasteiger partial charge is 0.133 e. The van der Waals surface area contributed by atoms with Crippen LogP contribution in [-0.2, 0) is 39.0 Å². The summed E-state index contributed by atoms with van der Waals surface area (Å²) in [5.74, 6) is 1.29. The van der Waals surface area contributed by atoms with Gasteiger partial charge in [-0.2, -0.15) is 0 Å². The summed E-state index contributed by atoms with van der Waals surface area (Å²) >= 11 is 18.1. The van der Waals surface area contributed by atoms with Crippen LogP contribution in [0, 0.1) is 11.8 Å². The Balaban J connectivity index is -0.000000144.